The van der Waals surface area contributed by atoms with Gasteiger partial charge in [-0.15, -0.1) is 0 Å². The van der Waals surface area contributed by atoms with Crippen LogP contribution >= 0.6 is 0 Å². The number of benzene rings is 2. The van der Waals surface area contributed by atoms with E-state index >= 15 is 0 Å². The van der Waals surface area contributed by atoms with Crippen LogP contribution in [0.4, 0.5) is 0 Å². The number of ether oxygens (including phenoxy) is 2. The van der Waals surface area contributed by atoms with Crippen LogP contribution in [0.25, 0.3) is 0 Å². The van der Waals surface area contributed by atoms with E-state index in [2.05, 4.69) is 88.4 Å². The van der Waals surface area contributed by atoms with Crippen molar-refractivity contribution in [2.45, 2.75) is 61.0 Å². The second-order valence-corrected chi connectivity index (χ2v) is 19.0. The van der Waals surface area contributed by atoms with Gasteiger partial charge in [0.2, 0.25) is 0 Å². The molecule has 2 unspecified atom stereocenters. The van der Waals surface area contributed by atoms with Gasteiger partial charge in [0, 0.05) is 0 Å². The third kappa shape index (κ3) is 8.31. The molecule has 0 aliphatic rings. The summed E-state index contributed by atoms with van der Waals surface area (Å²) in [7, 11) is 0. The molecule has 0 amide bonds. The predicted octanol–water partition coefficient (Wildman–Crippen LogP) is 5.48. The molecule has 2 rings (SSSR count). The zero-order valence-electron chi connectivity index (χ0n) is 16.1. The minimum atomic E-state index is 0.00663. The summed E-state index contributed by atoms with van der Waals surface area (Å²) in [5.74, 6) is 0. The fourth-order valence-corrected chi connectivity index (χ4v) is 13.9. The first kappa shape index (κ1) is 22.2. The summed E-state index contributed by atoms with van der Waals surface area (Å²) in [6.07, 6.45) is 1.08. The monoisotopic (exact) mass is 586 g/mol. The molecule has 0 fully saturated rings. The van der Waals surface area contributed by atoms with Crippen LogP contribution in [0.3, 0.4) is 0 Å². The van der Waals surface area contributed by atoms with Gasteiger partial charge in [-0.1, -0.05) is 0 Å². The van der Waals surface area contributed by atoms with E-state index in [0.717, 1.165) is 0 Å². The van der Waals surface area contributed by atoms with Gasteiger partial charge in [0.1, 0.15) is 0 Å². The van der Waals surface area contributed by atoms with E-state index < -0.39 is 0 Å². The molecular weight excluding hydrogens is 551 g/mol. The molecule has 2 atom stereocenters. The summed E-state index contributed by atoms with van der Waals surface area (Å²) in [5.41, 5.74) is 2.66. The molecule has 0 saturated heterocycles. The van der Waals surface area contributed by atoms with Crippen molar-refractivity contribution in [2.75, 3.05) is 0 Å². The topological polar surface area (TPSA) is 18.5 Å². The summed E-state index contributed by atoms with van der Waals surface area (Å²) in [4.78, 5) is 0. The van der Waals surface area contributed by atoms with Crippen molar-refractivity contribution < 1.29 is 9.47 Å². The van der Waals surface area contributed by atoms with Crippen molar-refractivity contribution in [3.8, 4) is 0 Å². The van der Waals surface area contributed by atoms with E-state index in [-0.39, 0.29) is 58.5 Å². The Morgan fingerprint density at radius 3 is 1.27 bits per heavy atom. The quantitative estimate of drug-likeness (QED) is 0.259. The molecular formula is C22H30O2Te2. The SMILES string of the molecule is CC(C)OC(C[Te][Te]CC(OC(C)C)c1ccccc1)c1ccccc1. The summed E-state index contributed by atoms with van der Waals surface area (Å²) < 4.78 is 14.9. The van der Waals surface area contributed by atoms with E-state index in [4.69, 9.17) is 9.47 Å². The van der Waals surface area contributed by atoms with Gasteiger partial charge in [0.15, 0.2) is 0 Å². The van der Waals surface area contributed by atoms with Gasteiger partial charge in [-0.3, -0.25) is 0 Å². The summed E-state index contributed by atoms with van der Waals surface area (Å²) in [6.45, 7) is 8.54. The van der Waals surface area contributed by atoms with Crippen molar-refractivity contribution in [3.05, 3.63) is 71.8 Å². The standard InChI is InChI=1S/C22H30O2Te2/c1-17(2)23-21(19-11-7-5-8-12-19)15-25-26-16-22(24-18(3)4)20-13-9-6-10-14-20/h5-14,17-18,21-22H,15-16H2,1-4H3. The molecule has 0 aromatic heterocycles. The van der Waals surface area contributed by atoms with Gasteiger partial charge < -0.3 is 0 Å². The average molecular weight is 582 g/mol. The van der Waals surface area contributed by atoms with Gasteiger partial charge in [-0.2, -0.15) is 0 Å². The normalized spacial score (nSPS) is 13.9. The number of rotatable bonds is 11. The van der Waals surface area contributed by atoms with E-state index in [1.54, 1.807) is 0 Å². The van der Waals surface area contributed by atoms with Crippen LogP contribution in [-0.4, -0.2) is 46.3 Å². The van der Waals surface area contributed by atoms with E-state index in [1.165, 1.54) is 20.1 Å². The van der Waals surface area contributed by atoms with Crippen LogP contribution in [0.2, 0.25) is 8.94 Å². The summed E-state index contributed by atoms with van der Waals surface area (Å²) in [5, 5.41) is 0. The van der Waals surface area contributed by atoms with Crippen LogP contribution in [0, 0.1) is 0 Å². The Morgan fingerprint density at radius 1 is 0.615 bits per heavy atom. The fourth-order valence-electron chi connectivity index (χ4n) is 2.64. The second kappa shape index (κ2) is 12.4. The molecule has 0 spiro atoms. The van der Waals surface area contributed by atoms with Crippen molar-refractivity contribution in [1.82, 2.24) is 0 Å². The Labute approximate surface area is 175 Å². The van der Waals surface area contributed by atoms with Gasteiger partial charge >= 0.3 is 176 Å². The molecule has 142 valence electrons. The van der Waals surface area contributed by atoms with Crippen molar-refractivity contribution >= 4 is 34.1 Å². The zero-order valence-corrected chi connectivity index (χ0v) is 20.8. The summed E-state index contributed by atoms with van der Waals surface area (Å²) in [6, 6.07) is 21.4. The Kier molecular flexibility index (Phi) is 10.6. The van der Waals surface area contributed by atoms with E-state index in [9.17, 15) is 0 Å². The molecule has 4 heteroatoms. The van der Waals surface area contributed by atoms with Gasteiger partial charge in [-0.25, -0.2) is 0 Å². The molecule has 26 heavy (non-hydrogen) atoms. The predicted molar refractivity (Wildman–Crippen MR) is 112 cm³/mol. The van der Waals surface area contributed by atoms with E-state index in [0.29, 0.717) is 0 Å². The first-order valence-electron chi connectivity index (χ1n) is 9.21. The molecule has 0 bridgehead atoms. The second-order valence-electron chi connectivity index (χ2n) is 6.74. The van der Waals surface area contributed by atoms with Crippen LogP contribution in [-0.2, 0) is 9.47 Å². The average Bonchev–Trinajstić information content (AvgIpc) is 2.64. The van der Waals surface area contributed by atoms with Crippen LogP contribution in [0.15, 0.2) is 60.7 Å². The first-order valence-corrected chi connectivity index (χ1v) is 19.8. The minimum absolute atomic E-state index is 0.00663. The zero-order chi connectivity index (χ0) is 18.8. The third-order valence-electron chi connectivity index (χ3n) is 3.74. The Morgan fingerprint density at radius 2 is 0.962 bits per heavy atom. The first-order chi connectivity index (χ1) is 12.6. The van der Waals surface area contributed by atoms with Gasteiger partial charge in [-0.05, 0) is 0 Å². The molecule has 2 aromatic carbocycles. The van der Waals surface area contributed by atoms with Crippen LogP contribution < -0.4 is 0 Å². The van der Waals surface area contributed by atoms with E-state index in [1.807, 2.05) is 0 Å². The van der Waals surface area contributed by atoms with Crippen LogP contribution in [0.1, 0.15) is 51.0 Å². The molecule has 2 aromatic rings. The van der Waals surface area contributed by atoms with Crippen molar-refractivity contribution in [3.63, 3.8) is 0 Å². The van der Waals surface area contributed by atoms with Crippen molar-refractivity contribution in [2.24, 2.45) is 0 Å². The molecule has 2 nitrogen and oxygen atoms in total. The van der Waals surface area contributed by atoms with Crippen LogP contribution in [0.5, 0.6) is 0 Å². The fraction of sp³-hybridized carbons (Fsp3) is 0.455. The van der Waals surface area contributed by atoms with Gasteiger partial charge in [0.05, 0.1) is 0 Å². The molecule has 0 saturated carbocycles. The summed E-state index contributed by atoms with van der Waals surface area (Å²) >= 11 is 0.0133. The maximum atomic E-state index is 6.21. The molecule has 0 N–H and O–H groups in total. The molecule has 0 aliphatic heterocycles. The number of hydrogen-bond donors (Lipinski definition) is 0. The third-order valence-corrected chi connectivity index (χ3v) is 15.1. The molecule has 0 aliphatic carbocycles. The van der Waals surface area contributed by atoms with Crippen molar-refractivity contribution in [1.29, 1.82) is 0 Å². The Balaban J connectivity index is 1.89. The Hall–Kier alpha value is -0.0608. The maximum absolute atomic E-state index is 6.21. The number of hydrogen-bond acceptors (Lipinski definition) is 2. The Bertz CT molecular complexity index is 547. The molecule has 0 heterocycles. The molecule has 0 radical (unpaired) electrons. The van der Waals surface area contributed by atoms with Gasteiger partial charge in [0.25, 0.3) is 0 Å².